The minimum atomic E-state index is -4.41. The number of benzene rings is 1. The van der Waals surface area contributed by atoms with E-state index in [4.69, 9.17) is 11.6 Å². The Morgan fingerprint density at radius 2 is 2.04 bits per heavy atom. The van der Waals surface area contributed by atoms with Crippen LogP contribution in [0.25, 0.3) is 0 Å². The van der Waals surface area contributed by atoms with Crippen LogP contribution >= 0.6 is 23.4 Å². The minimum Gasteiger partial charge on any atom is -0.433 e. The van der Waals surface area contributed by atoms with E-state index in [9.17, 15) is 26.7 Å². The molecule has 0 atom stereocenters. The number of aromatic nitrogens is 1. The summed E-state index contributed by atoms with van der Waals surface area (Å²) < 4.78 is 65.7. The molecule has 2 rings (SSSR count). The first-order chi connectivity index (χ1) is 12.2. The zero-order chi connectivity index (χ0) is 19.3. The van der Waals surface area contributed by atoms with Gasteiger partial charge in [0.05, 0.1) is 16.3 Å². The highest BCUT2D eigenvalue weighted by Gasteiger charge is 2.28. The van der Waals surface area contributed by atoms with Crippen LogP contribution in [-0.4, -0.2) is 29.4 Å². The number of alkyl halides is 5. The maximum absolute atomic E-state index is 12.4. The smallest absolute Gasteiger partial charge is 0.398 e. The fourth-order valence-electron chi connectivity index (χ4n) is 1.80. The topological polar surface area (TPSA) is 51.2 Å². The summed E-state index contributed by atoms with van der Waals surface area (Å²) in [6.45, 7) is -3.06. The van der Waals surface area contributed by atoms with Crippen LogP contribution in [0.1, 0.15) is 10.4 Å². The van der Waals surface area contributed by atoms with Crippen molar-refractivity contribution in [1.29, 1.82) is 0 Å². The molecule has 1 amide bonds. The van der Waals surface area contributed by atoms with Gasteiger partial charge in [-0.1, -0.05) is 23.4 Å². The van der Waals surface area contributed by atoms with Crippen molar-refractivity contribution in [3.05, 3.63) is 47.1 Å². The lowest BCUT2D eigenvalue weighted by Crippen LogP contribution is -2.15. The van der Waals surface area contributed by atoms with Crippen LogP contribution in [-0.2, 0) is 0 Å². The van der Waals surface area contributed by atoms with Crippen LogP contribution in [0.5, 0.6) is 5.75 Å². The summed E-state index contributed by atoms with van der Waals surface area (Å²) in [4.78, 5) is 16.1. The van der Waals surface area contributed by atoms with Gasteiger partial charge in [-0.05, 0) is 30.3 Å². The molecule has 0 aliphatic heterocycles. The second kappa shape index (κ2) is 8.54. The molecule has 140 valence electrons. The molecule has 4 nitrogen and oxygen atoms in total. The van der Waals surface area contributed by atoms with E-state index in [0.717, 1.165) is 6.07 Å². The highest BCUT2D eigenvalue weighted by atomic mass is 35.5. The van der Waals surface area contributed by atoms with Crippen LogP contribution in [0.2, 0.25) is 5.02 Å². The van der Waals surface area contributed by atoms with Crippen LogP contribution in [0, 0.1) is 0 Å². The van der Waals surface area contributed by atoms with Crippen molar-refractivity contribution in [2.45, 2.75) is 17.8 Å². The van der Waals surface area contributed by atoms with Gasteiger partial charge in [-0.3, -0.25) is 4.79 Å². The van der Waals surface area contributed by atoms with Crippen LogP contribution in [0.3, 0.4) is 0 Å². The van der Waals surface area contributed by atoms with Crippen LogP contribution < -0.4 is 10.1 Å². The molecule has 0 spiro atoms. The van der Waals surface area contributed by atoms with Gasteiger partial charge in [-0.15, -0.1) is 0 Å². The van der Waals surface area contributed by atoms with Gasteiger partial charge in [0, 0.05) is 11.9 Å². The molecule has 0 unspecified atom stereocenters. The van der Waals surface area contributed by atoms with Gasteiger partial charge in [0.15, 0.2) is 0 Å². The molecule has 0 aliphatic rings. The van der Waals surface area contributed by atoms with Gasteiger partial charge in [0.2, 0.25) is 0 Å². The summed E-state index contributed by atoms with van der Waals surface area (Å²) in [6, 6.07) is 6.29. The number of halogens is 6. The number of thioether (sulfide) groups is 1. The average molecular weight is 413 g/mol. The van der Waals surface area contributed by atoms with E-state index in [0.29, 0.717) is 11.8 Å². The number of anilines is 1. The Balaban J connectivity index is 2.14. The van der Waals surface area contributed by atoms with Gasteiger partial charge in [0.1, 0.15) is 10.8 Å². The number of rotatable bonds is 6. The van der Waals surface area contributed by atoms with Gasteiger partial charge in [-0.2, -0.15) is 22.0 Å². The second-order valence-corrected chi connectivity index (χ2v) is 6.11. The molecule has 1 aromatic carbocycles. The molecule has 0 radical (unpaired) electrons. The molecule has 0 bridgehead atoms. The molecule has 0 saturated carbocycles. The average Bonchev–Trinajstić information content (AvgIpc) is 2.54. The van der Waals surface area contributed by atoms with Crippen LogP contribution in [0.4, 0.5) is 27.6 Å². The summed E-state index contributed by atoms with van der Waals surface area (Å²) in [5, 5.41) is 2.16. The summed E-state index contributed by atoms with van der Waals surface area (Å²) in [5.74, 6) is -2.20. The lowest BCUT2D eigenvalue weighted by Gasteiger charge is -2.11. The van der Waals surface area contributed by atoms with Crippen molar-refractivity contribution in [3.63, 3.8) is 0 Å². The summed E-state index contributed by atoms with van der Waals surface area (Å²) in [6.07, 6.45) is -3.15. The number of hydrogen-bond acceptors (Lipinski definition) is 4. The van der Waals surface area contributed by atoms with Crippen molar-refractivity contribution < 1.29 is 31.5 Å². The number of nitrogens with one attached hydrogen (secondary N) is 1. The number of ether oxygens (including phenoxy) is 1. The Hall–Kier alpha value is -2.07. The first kappa shape index (κ1) is 20.2. The summed E-state index contributed by atoms with van der Waals surface area (Å²) in [7, 11) is 0. The Morgan fingerprint density at radius 3 is 2.65 bits per heavy atom. The number of amides is 1. The first-order valence-electron chi connectivity index (χ1n) is 6.86. The second-order valence-electron chi connectivity index (χ2n) is 4.74. The minimum absolute atomic E-state index is 0.0641. The maximum atomic E-state index is 12.4. The van der Waals surface area contributed by atoms with Crippen LogP contribution in [0.15, 0.2) is 41.6 Å². The van der Waals surface area contributed by atoms with Gasteiger partial charge < -0.3 is 10.1 Å². The number of carbonyl (C=O) groups is 1. The fraction of sp³-hybridized carbons (Fsp3) is 0.200. The first-order valence-corrected chi connectivity index (χ1v) is 8.22. The number of pyridine rings is 1. The van der Waals surface area contributed by atoms with Crippen molar-refractivity contribution in [2.24, 2.45) is 0 Å². The van der Waals surface area contributed by atoms with E-state index in [-0.39, 0.29) is 27.0 Å². The molecule has 2 aromatic rings. The van der Waals surface area contributed by atoms with Gasteiger partial charge in [-0.25, -0.2) is 4.98 Å². The summed E-state index contributed by atoms with van der Waals surface area (Å²) >= 11 is 6.16. The predicted molar refractivity (Wildman–Crippen MR) is 87.1 cm³/mol. The van der Waals surface area contributed by atoms with Crippen molar-refractivity contribution in [1.82, 2.24) is 4.98 Å². The molecule has 1 N–H and O–H groups in total. The maximum Gasteiger partial charge on any atom is 0.398 e. The molecule has 0 saturated heterocycles. The largest absolute Gasteiger partial charge is 0.433 e. The molecular formula is C15H10ClF5N2O2S. The monoisotopic (exact) mass is 412 g/mol. The predicted octanol–water partition coefficient (Wildman–Crippen LogP) is 5.24. The SMILES string of the molecule is O=C(Nc1ccc(OC(F)F)c(Cl)c1)c1cccnc1SCC(F)(F)F. The lowest BCUT2D eigenvalue weighted by atomic mass is 10.2. The quantitative estimate of drug-likeness (QED) is 0.520. The molecule has 11 heteroatoms. The Labute approximate surface area is 153 Å². The van der Waals surface area contributed by atoms with Crippen molar-refractivity contribution >= 4 is 35.0 Å². The molecule has 0 fully saturated rings. The molecule has 26 heavy (non-hydrogen) atoms. The van der Waals surface area contributed by atoms with E-state index in [2.05, 4.69) is 15.0 Å². The lowest BCUT2D eigenvalue weighted by molar-refractivity contribution is -0.105. The highest BCUT2D eigenvalue weighted by molar-refractivity contribution is 7.99. The Morgan fingerprint density at radius 1 is 1.31 bits per heavy atom. The third kappa shape index (κ3) is 6.03. The molecule has 0 aliphatic carbocycles. The van der Waals surface area contributed by atoms with Crippen molar-refractivity contribution in [2.75, 3.05) is 11.1 Å². The standard InChI is InChI=1S/C15H10ClF5N2O2S/c16-10-6-8(3-4-11(10)25-14(17)18)23-12(24)9-2-1-5-22-13(9)26-7-15(19,20)21/h1-6,14H,7H2,(H,23,24). The van der Waals surface area contributed by atoms with E-state index in [1.54, 1.807) is 0 Å². The Kier molecular flexibility index (Phi) is 6.65. The zero-order valence-corrected chi connectivity index (χ0v) is 14.3. The Bertz CT molecular complexity index is 789. The van der Waals surface area contributed by atoms with E-state index >= 15 is 0 Å². The number of nitrogens with zero attached hydrogens (tertiary/aromatic N) is 1. The highest BCUT2D eigenvalue weighted by Crippen LogP contribution is 2.31. The van der Waals surface area contributed by atoms with E-state index in [1.807, 2.05) is 0 Å². The van der Waals surface area contributed by atoms with E-state index in [1.165, 1.54) is 30.5 Å². The molecule has 1 heterocycles. The zero-order valence-electron chi connectivity index (χ0n) is 12.7. The van der Waals surface area contributed by atoms with Gasteiger partial charge in [0.25, 0.3) is 5.91 Å². The number of hydrogen-bond donors (Lipinski definition) is 1. The number of carbonyl (C=O) groups excluding carboxylic acids is 1. The third-order valence-electron chi connectivity index (χ3n) is 2.79. The normalized spacial score (nSPS) is 11.5. The fourth-order valence-corrected chi connectivity index (χ4v) is 2.77. The third-order valence-corrected chi connectivity index (χ3v) is 4.16. The molecular weight excluding hydrogens is 403 g/mol. The van der Waals surface area contributed by atoms with Crippen molar-refractivity contribution in [3.8, 4) is 5.75 Å². The van der Waals surface area contributed by atoms with E-state index < -0.39 is 24.4 Å². The van der Waals surface area contributed by atoms with Gasteiger partial charge >= 0.3 is 12.8 Å². The molecule has 1 aromatic heterocycles. The summed E-state index contributed by atoms with van der Waals surface area (Å²) in [5.41, 5.74) is 0.0861.